The summed E-state index contributed by atoms with van der Waals surface area (Å²) >= 11 is 0. The third-order valence-corrected chi connectivity index (χ3v) is 6.59. The molecule has 2 saturated heterocycles. The molecule has 2 aromatic carbocycles. The van der Waals surface area contributed by atoms with E-state index in [1.54, 1.807) is 0 Å². The fourth-order valence-electron chi connectivity index (χ4n) is 4.96. The highest BCUT2D eigenvalue weighted by Gasteiger charge is 2.47. The van der Waals surface area contributed by atoms with Gasteiger partial charge < -0.3 is 14.9 Å². The van der Waals surface area contributed by atoms with Crippen LogP contribution in [0.25, 0.3) is 10.8 Å². The van der Waals surface area contributed by atoms with E-state index in [1.807, 2.05) is 23.1 Å². The van der Waals surface area contributed by atoms with E-state index < -0.39 is 0 Å². The average Bonchev–Trinajstić information content (AvgIpc) is 2.68. The highest BCUT2D eigenvalue weighted by molar-refractivity contribution is 5.90. The van der Waals surface area contributed by atoms with Crippen LogP contribution in [-0.4, -0.2) is 60.1 Å². The fraction of sp³-hybridized carbons (Fsp3) is 0.500. The third kappa shape index (κ3) is 3.01. The number of piperidine rings is 2. The van der Waals surface area contributed by atoms with Crippen LogP contribution in [0, 0.1) is 5.41 Å². The van der Waals surface area contributed by atoms with Crippen molar-refractivity contribution in [2.75, 3.05) is 33.3 Å². The first-order valence-electron chi connectivity index (χ1n) is 9.68. The number of nitrogens with zero attached hydrogens (tertiary/aromatic N) is 2. The van der Waals surface area contributed by atoms with Gasteiger partial charge in [-0.15, -0.1) is 0 Å². The number of aliphatic hydroxyl groups excluding tert-OH is 1. The molecular formula is C22H28N2O2. The number of likely N-dealkylation sites (N-methyl/N-ethyl adjacent to an activating group) is 1. The van der Waals surface area contributed by atoms with Crippen molar-refractivity contribution in [1.29, 1.82) is 0 Å². The van der Waals surface area contributed by atoms with E-state index in [4.69, 9.17) is 0 Å². The molecule has 1 N–H and O–H groups in total. The summed E-state index contributed by atoms with van der Waals surface area (Å²) in [4.78, 5) is 17.4. The Morgan fingerprint density at radius 1 is 1.15 bits per heavy atom. The highest BCUT2D eigenvalue weighted by Crippen LogP contribution is 2.41. The van der Waals surface area contributed by atoms with Gasteiger partial charge in [0.2, 0.25) is 5.91 Å². The Bertz CT molecular complexity index is 800. The lowest BCUT2D eigenvalue weighted by atomic mass is 9.69. The molecule has 2 fully saturated rings. The Balaban J connectivity index is 1.52. The largest absolute Gasteiger partial charge is 0.396 e. The number of rotatable bonds is 3. The predicted molar refractivity (Wildman–Crippen MR) is 104 cm³/mol. The van der Waals surface area contributed by atoms with Gasteiger partial charge in [0.25, 0.3) is 0 Å². The maximum Gasteiger partial charge on any atom is 0.227 e. The van der Waals surface area contributed by atoms with Crippen LogP contribution in [0.1, 0.15) is 24.8 Å². The van der Waals surface area contributed by atoms with Crippen molar-refractivity contribution < 1.29 is 9.90 Å². The zero-order valence-electron chi connectivity index (χ0n) is 15.5. The normalized spacial score (nSPS) is 26.7. The van der Waals surface area contributed by atoms with Gasteiger partial charge in [-0.2, -0.15) is 0 Å². The first kappa shape index (κ1) is 17.5. The maximum absolute atomic E-state index is 13.0. The van der Waals surface area contributed by atoms with E-state index in [0.717, 1.165) is 44.5 Å². The quantitative estimate of drug-likeness (QED) is 0.924. The van der Waals surface area contributed by atoms with Crippen molar-refractivity contribution in [3.8, 4) is 0 Å². The van der Waals surface area contributed by atoms with Crippen molar-refractivity contribution in [2.24, 2.45) is 5.41 Å². The minimum absolute atomic E-state index is 0.0246. The molecule has 4 heteroatoms. The van der Waals surface area contributed by atoms with Gasteiger partial charge in [0, 0.05) is 24.5 Å². The number of carbonyl (C=O) groups excluding carboxylic acids is 1. The van der Waals surface area contributed by atoms with Gasteiger partial charge in [0.1, 0.15) is 0 Å². The number of hydrogen-bond donors (Lipinski definition) is 1. The number of likely N-dealkylation sites (tertiary alicyclic amines) is 2. The Hall–Kier alpha value is -1.91. The second kappa shape index (κ2) is 7.01. The SMILES string of the molecule is CN1CCC[C@]2(CO)CCN(C(=O)Cc3cccc4ccccc34)C[C@@H]12. The second-order valence-electron chi connectivity index (χ2n) is 8.03. The Morgan fingerprint density at radius 3 is 2.81 bits per heavy atom. The Kier molecular flexibility index (Phi) is 4.72. The smallest absolute Gasteiger partial charge is 0.227 e. The van der Waals surface area contributed by atoms with Crippen LogP contribution < -0.4 is 0 Å². The molecule has 1 amide bonds. The summed E-state index contributed by atoms with van der Waals surface area (Å²) in [6, 6.07) is 14.7. The summed E-state index contributed by atoms with van der Waals surface area (Å²) in [7, 11) is 2.13. The topological polar surface area (TPSA) is 43.8 Å². The summed E-state index contributed by atoms with van der Waals surface area (Å²) in [5, 5.41) is 12.4. The molecule has 0 aliphatic carbocycles. The number of benzene rings is 2. The lowest BCUT2D eigenvalue weighted by molar-refractivity contribution is -0.139. The van der Waals surface area contributed by atoms with Gasteiger partial charge in [-0.3, -0.25) is 4.79 Å². The molecular weight excluding hydrogens is 324 g/mol. The van der Waals surface area contributed by atoms with Crippen molar-refractivity contribution in [3.63, 3.8) is 0 Å². The minimum atomic E-state index is -0.0246. The van der Waals surface area contributed by atoms with Crippen molar-refractivity contribution >= 4 is 16.7 Å². The van der Waals surface area contributed by atoms with E-state index >= 15 is 0 Å². The summed E-state index contributed by atoms with van der Waals surface area (Å²) < 4.78 is 0. The molecule has 0 spiro atoms. The molecule has 4 nitrogen and oxygen atoms in total. The van der Waals surface area contributed by atoms with Crippen LogP contribution in [0.3, 0.4) is 0 Å². The monoisotopic (exact) mass is 352 g/mol. The van der Waals surface area contributed by atoms with Gasteiger partial charge in [-0.1, -0.05) is 42.5 Å². The molecule has 2 aliphatic heterocycles. The number of amides is 1. The van der Waals surface area contributed by atoms with E-state index in [2.05, 4.69) is 36.2 Å². The first-order chi connectivity index (χ1) is 12.6. The molecule has 2 aliphatic rings. The molecule has 138 valence electrons. The van der Waals surface area contributed by atoms with Crippen molar-refractivity contribution in [3.05, 3.63) is 48.0 Å². The fourth-order valence-corrected chi connectivity index (χ4v) is 4.96. The minimum Gasteiger partial charge on any atom is -0.396 e. The van der Waals surface area contributed by atoms with Gasteiger partial charge in [0.05, 0.1) is 13.0 Å². The summed E-state index contributed by atoms with van der Waals surface area (Å²) in [5.74, 6) is 0.201. The van der Waals surface area contributed by atoms with E-state index in [9.17, 15) is 9.90 Å². The predicted octanol–water partition coefficient (Wildman–Crippen LogP) is 2.69. The van der Waals surface area contributed by atoms with E-state index in [0.29, 0.717) is 6.42 Å². The molecule has 0 radical (unpaired) electrons. The van der Waals surface area contributed by atoms with Crippen LogP contribution in [0.2, 0.25) is 0 Å². The molecule has 0 unspecified atom stereocenters. The van der Waals surface area contributed by atoms with E-state index in [1.165, 1.54) is 10.8 Å². The lowest BCUT2D eigenvalue weighted by Crippen LogP contribution is -2.62. The standard InChI is InChI=1S/C22H28N2O2/c1-23-12-5-10-22(16-25)11-13-24(15-20(22)23)21(26)14-18-8-4-7-17-6-2-3-9-19(17)18/h2-4,6-9,20,25H,5,10-16H2,1H3/t20-,22-/m1/s1. The zero-order chi connectivity index (χ0) is 18.1. The molecule has 2 heterocycles. The van der Waals surface area contributed by atoms with Crippen LogP contribution in [0.4, 0.5) is 0 Å². The number of fused-ring (bicyclic) bond motifs is 2. The van der Waals surface area contributed by atoms with Crippen LogP contribution in [-0.2, 0) is 11.2 Å². The van der Waals surface area contributed by atoms with Crippen LogP contribution in [0.15, 0.2) is 42.5 Å². The molecule has 0 saturated carbocycles. The maximum atomic E-state index is 13.0. The second-order valence-corrected chi connectivity index (χ2v) is 8.03. The van der Waals surface area contributed by atoms with Crippen molar-refractivity contribution in [1.82, 2.24) is 9.80 Å². The molecule has 0 aromatic heterocycles. The zero-order valence-corrected chi connectivity index (χ0v) is 15.5. The molecule has 2 aromatic rings. The highest BCUT2D eigenvalue weighted by atomic mass is 16.3. The number of aliphatic hydroxyl groups is 1. The van der Waals surface area contributed by atoms with E-state index in [-0.39, 0.29) is 24.0 Å². The average molecular weight is 352 g/mol. The molecule has 4 rings (SSSR count). The lowest BCUT2D eigenvalue weighted by Gasteiger charge is -2.53. The number of hydrogen-bond acceptors (Lipinski definition) is 3. The third-order valence-electron chi connectivity index (χ3n) is 6.59. The van der Waals surface area contributed by atoms with Gasteiger partial charge in [0.15, 0.2) is 0 Å². The number of carbonyl (C=O) groups is 1. The summed E-state index contributed by atoms with van der Waals surface area (Å²) in [5.41, 5.74) is 1.08. The van der Waals surface area contributed by atoms with Crippen molar-refractivity contribution in [2.45, 2.75) is 31.7 Å². The summed E-state index contributed by atoms with van der Waals surface area (Å²) in [6.45, 7) is 2.78. The molecule has 0 bridgehead atoms. The first-order valence-corrected chi connectivity index (χ1v) is 9.68. The van der Waals surface area contributed by atoms with Crippen LogP contribution in [0.5, 0.6) is 0 Å². The molecule has 26 heavy (non-hydrogen) atoms. The Morgan fingerprint density at radius 2 is 1.96 bits per heavy atom. The van der Waals surface area contributed by atoms with Gasteiger partial charge in [-0.05, 0) is 49.2 Å². The Labute approximate surface area is 155 Å². The molecule has 2 atom stereocenters. The van der Waals surface area contributed by atoms with Crippen LogP contribution >= 0.6 is 0 Å². The van der Waals surface area contributed by atoms with Gasteiger partial charge >= 0.3 is 0 Å². The van der Waals surface area contributed by atoms with Gasteiger partial charge in [-0.25, -0.2) is 0 Å². The summed E-state index contributed by atoms with van der Waals surface area (Å²) in [6.07, 6.45) is 3.56.